The molecule has 0 unspecified atom stereocenters. The summed E-state index contributed by atoms with van der Waals surface area (Å²) in [4.78, 5) is 11.7. The van der Waals surface area contributed by atoms with Crippen LogP contribution in [0.5, 0.6) is 0 Å². The van der Waals surface area contributed by atoms with Gasteiger partial charge >= 0.3 is 0 Å². The molecule has 0 bridgehead atoms. The number of ether oxygens (including phenoxy) is 1. The molecule has 0 aliphatic heterocycles. The quantitative estimate of drug-likeness (QED) is 0.677. The SMILES string of the molecule is NC1CCC(OCCCNC(=O)CCC2CCCC2)CC1. The molecule has 0 aromatic heterocycles. The molecule has 0 atom stereocenters. The van der Waals surface area contributed by atoms with E-state index in [0.717, 1.165) is 57.6 Å². The lowest BCUT2D eigenvalue weighted by molar-refractivity contribution is -0.121. The van der Waals surface area contributed by atoms with Crippen molar-refractivity contribution < 1.29 is 9.53 Å². The minimum absolute atomic E-state index is 0.213. The maximum atomic E-state index is 11.7. The Kier molecular flexibility index (Phi) is 7.51. The first-order chi connectivity index (χ1) is 10.2. The molecule has 0 heterocycles. The number of hydrogen-bond acceptors (Lipinski definition) is 3. The maximum Gasteiger partial charge on any atom is 0.220 e. The molecule has 21 heavy (non-hydrogen) atoms. The van der Waals surface area contributed by atoms with E-state index in [1.807, 2.05) is 0 Å². The zero-order valence-corrected chi connectivity index (χ0v) is 13.3. The van der Waals surface area contributed by atoms with Crippen LogP contribution >= 0.6 is 0 Å². The zero-order chi connectivity index (χ0) is 14.9. The molecule has 0 aromatic rings. The van der Waals surface area contributed by atoms with Gasteiger partial charge in [-0.3, -0.25) is 4.79 Å². The highest BCUT2D eigenvalue weighted by molar-refractivity contribution is 5.75. The molecule has 0 aromatic carbocycles. The Labute approximate surface area is 129 Å². The van der Waals surface area contributed by atoms with Crippen LogP contribution in [0.3, 0.4) is 0 Å². The fourth-order valence-corrected chi connectivity index (χ4v) is 3.53. The molecule has 2 rings (SSSR count). The smallest absolute Gasteiger partial charge is 0.220 e. The van der Waals surface area contributed by atoms with Gasteiger partial charge in [-0.1, -0.05) is 25.7 Å². The van der Waals surface area contributed by atoms with Crippen LogP contribution in [0.4, 0.5) is 0 Å². The number of carbonyl (C=O) groups excluding carboxylic acids is 1. The minimum Gasteiger partial charge on any atom is -0.378 e. The molecule has 2 fully saturated rings. The van der Waals surface area contributed by atoms with Gasteiger partial charge in [0.15, 0.2) is 0 Å². The van der Waals surface area contributed by atoms with Gasteiger partial charge in [0.05, 0.1) is 6.10 Å². The van der Waals surface area contributed by atoms with Crippen LogP contribution in [0.2, 0.25) is 0 Å². The molecule has 0 radical (unpaired) electrons. The average Bonchev–Trinajstić information content (AvgIpc) is 3.00. The van der Waals surface area contributed by atoms with E-state index in [0.29, 0.717) is 18.6 Å². The topological polar surface area (TPSA) is 64.3 Å². The van der Waals surface area contributed by atoms with E-state index in [2.05, 4.69) is 5.32 Å². The van der Waals surface area contributed by atoms with Crippen molar-refractivity contribution in [2.24, 2.45) is 11.7 Å². The van der Waals surface area contributed by atoms with Crippen molar-refractivity contribution in [1.82, 2.24) is 5.32 Å². The molecule has 2 aliphatic rings. The van der Waals surface area contributed by atoms with E-state index in [1.165, 1.54) is 25.7 Å². The summed E-state index contributed by atoms with van der Waals surface area (Å²) in [5.41, 5.74) is 5.88. The third-order valence-corrected chi connectivity index (χ3v) is 4.97. The first kappa shape index (κ1) is 16.8. The predicted octanol–water partition coefficient (Wildman–Crippen LogP) is 2.75. The molecule has 4 heteroatoms. The van der Waals surface area contributed by atoms with Crippen molar-refractivity contribution in [3.63, 3.8) is 0 Å². The second-order valence-corrected chi connectivity index (χ2v) is 6.80. The third kappa shape index (κ3) is 6.79. The van der Waals surface area contributed by atoms with Gasteiger partial charge in [0.2, 0.25) is 5.91 Å². The Morgan fingerprint density at radius 2 is 1.81 bits per heavy atom. The Morgan fingerprint density at radius 3 is 2.52 bits per heavy atom. The van der Waals surface area contributed by atoms with Gasteiger partial charge in [0, 0.05) is 25.6 Å². The second-order valence-electron chi connectivity index (χ2n) is 6.80. The maximum absolute atomic E-state index is 11.7. The Balaban J connectivity index is 1.41. The highest BCUT2D eigenvalue weighted by Crippen LogP contribution is 2.28. The molecule has 2 aliphatic carbocycles. The summed E-state index contributed by atoms with van der Waals surface area (Å²) in [6.07, 6.45) is 12.8. The third-order valence-electron chi connectivity index (χ3n) is 4.97. The van der Waals surface area contributed by atoms with Gasteiger partial charge < -0.3 is 15.8 Å². The summed E-state index contributed by atoms with van der Waals surface area (Å²) in [6.45, 7) is 1.50. The first-order valence-corrected chi connectivity index (χ1v) is 8.88. The van der Waals surface area contributed by atoms with Gasteiger partial charge in [-0.05, 0) is 44.4 Å². The van der Waals surface area contributed by atoms with Crippen LogP contribution in [0.1, 0.15) is 70.6 Å². The number of nitrogens with two attached hydrogens (primary N) is 1. The van der Waals surface area contributed by atoms with E-state index >= 15 is 0 Å². The number of amides is 1. The van der Waals surface area contributed by atoms with Gasteiger partial charge in [0.25, 0.3) is 0 Å². The van der Waals surface area contributed by atoms with Gasteiger partial charge in [0.1, 0.15) is 0 Å². The van der Waals surface area contributed by atoms with Crippen molar-refractivity contribution in [1.29, 1.82) is 0 Å². The number of nitrogens with one attached hydrogen (secondary N) is 1. The first-order valence-electron chi connectivity index (χ1n) is 8.88. The molecule has 4 nitrogen and oxygen atoms in total. The summed E-state index contributed by atoms with van der Waals surface area (Å²) in [7, 11) is 0. The minimum atomic E-state index is 0.213. The lowest BCUT2D eigenvalue weighted by Gasteiger charge is -2.26. The van der Waals surface area contributed by atoms with Crippen molar-refractivity contribution in [2.45, 2.75) is 82.8 Å². The highest BCUT2D eigenvalue weighted by Gasteiger charge is 2.18. The fourth-order valence-electron chi connectivity index (χ4n) is 3.53. The largest absolute Gasteiger partial charge is 0.378 e. The van der Waals surface area contributed by atoms with Crippen LogP contribution in [-0.4, -0.2) is 31.2 Å². The molecule has 0 spiro atoms. The monoisotopic (exact) mass is 296 g/mol. The van der Waals surface area contributed by atoms with Gasteiger partial charge in [-0.2, -0.15) is 0 Å². The number of hydrogen-bond donors (Lipinski definition) is 2. The number of carbonyl (C=O) groups is 1. The molecule has 2 saturated carbocycles. The molecular formula is C17H32N2O2. The normalized spacial score (nSPS) is 26.9. The zero-order valence-electron chi connectivity index (χ0n) is 13.3. The van der Waals surface area contributed by atoms with Crippen LogP contribution in [0, 0.1) is 5.92 Å². The molecule has 122 valence electrons. The summed E-state index contributed by atoms with van der Waals surface area (Å²) in [5, 5.41) is 3.01. The van der Waals surface area contributed by atoms with Crippen LogP contribution in [0.25, 0.3) is 0 Å². The van der Waals surface area contributed by atoms with Crippen molar-refractivity contribution in [3.8, 4) is 0 Å². The van der Waals surface area contributed by atoms with Gasteiger partial charge in [-0.15, -0.1) is 0 Å². The van der Waals surface area contributed by atoms with Crippen molar-refractivity contribution >= 4 is 5.91 Å². The summed E-state index contributed by atoms with van der Waals surface area (Å²) >= 11 is 0. The van der Waals surface area contributed by atoms with Crippen LogP contribution in [-0.2, 0) is 9.53 Å². The average molecular weight is 296 g/mol. The predicted molar refractivity (Wildman–Crippen MR) is 85.0 cm³/mol. The van der Waals surface area contributed by atoms with E-state index < -0.39 is 0 Å². The standard InChI is InChI=1S/C17H32N2O2/c18-15-7-9-16(10-8-15)21-13-3-12-19-17(20)11-6-14-4-1-2-5-14/h14-16H,1-13,18H2,(H,19,20). The molecule has 1 amide bonds. The summed E-state index contributed by atoms with van der Waals surface area (Å²) in [6, 6.07) is 0.379. The molecule has 3 N–H and O–H groups in total. The number of rotatable bonds is 8. The Hall–Kier alpha value is -0.610. The van der Waals surface area contributed by atoms with Crippen LogP contribution < -0.4 is 11.1 Å². The lowest BCUT2D eigenvalue weighted by atomic mass is 9.94. The van der Waals surface area contributed by atoms with Crippen molar-refractivity contribution in [3.05, 3.63) is 0 Å². The molecular weight excluding hydrogens is 264 g/mol. The summed E-state index contributed by atoms with van der Waals surface area (Å²) in [5.74, 6) is 1.02. The van der Waals surface area contributed by atoms with Crippen LogP contribution in [0.15, 0.2) is 0 Å². The summed E-state index contributed by atoms with van der Waals surface area (Å²) < 4.78 is 5.85. The Bertz CT molecular complexity index is 295. The van der Waals surface area contributed by atoms with Gasteiger partial charge in [-0.25, -0.2) is 0 Å². The van der Waals surface area contributed by atoms with Crippen molar-refractivity contribution in [2.75, 3.05) is 13.2 Å². The Morgan fingerprint density at radius 1 is 1.10 bits per heavy atom. The van der Waals surface area contributed by atoms with E-state index in [-0.39, 0.29) is 5.91 Å². The second kappa shape index (κ2) is 9.42. The van der Waals surface area contributed by atoms with E-state index in [9.17, 15) is 4.79 Å². The van der Waals surface area contributed by atoms with E-state index in [4.69, 9.17) is 10.5 Å². The van der Waals surface area contributed by atoms with E-state index in [1.54, 1.807) is 0 Å². The molecule has 0 saturated heterocycles. The fraction of sp³-hybridized carbons (Fsp3) is 0.941. The lowest BCUT2D eigenvalue weighted by Crippen LogP contribution is -2.31. The highest BCUT2D eigenvalue weighted by atomic mass is 16.5.